The van der Waals surface area contributed by atoms with Gasteiger partial charge in [-0.3, -0.25) is 9.98 Å². The zero-order chi connectivity index (χ0) is 24.0. The standard InChI is InChI=1S/C25H31ClN8/c1-16(2)18-7-5-6-8-19(18)22-28-13-20-23(30-22)34(24(27)32(20)4)14-17-9-11-33(12-10-17)25-29-21(26)15-31(25)3/h5-8,13,15-17,27H,9-12,14H2,1-4H3. The number of halogens is 1. The number of nitrogens with zero attached hydrogens (tertiary/aromatic N) is 7. The molecule has 0 radical (unpaired) electrons. The predicted molar refractivity (Wildman–Crippen MR) is 135 cm³/mol. The molecule has 0 saturated carbocycles. The molecule has 4 heterocycles. The van der Waals surface area contributed by atoms with E-state index in [1.807, 2.05) is 41.7 Å². The lowest BCUT2D eigenvalue weighted by Crippen LogP contribution is -2.37. The Hall–Kier alpha value is -3.13. The monoisotopic (exact) mass is 478 g/mol. The average Bonchev–Trinajstić information content (AvgIpc) is 3.30. The third kappa shape index (κ3) is 4.00. The lowest BCUT2D eigenvalue weighted by atomic mass is 9.96. The maximum absolute atomic E-state index is 8.75. The van der Waals surface area contributed by atoms with Crippen LogP contribution in [0.3, 0.4) is 0 Å². The number of anilines is 1. The number of hydrogen-bond donors (Lipinski definition) is 1. The van der Waals surface area contributed by atoms with Crippen molar-refractivity contribution in [3.05, 3.63) is 53.0 Å². The molecule has 1 fully saturated rings. The molecule has 0 spiro atoms. The Labute approximate surface area is 204 Å². The number of aryl methyl sites for hydroxylation is 2. The number of hydrogen-bond acceptors (Lipinski definition) is 5. The van der Waals surface area contributed by atoms with Crippen molar-refractivity contribution >= 4 is 28.7 Å². The van der Waals surface area contributed by atoms with Crippen molar-refractivity contribution in [1.29, 1.82) is 5.41 Å². The van der Waals surface area contributed by atoms with Crippen LogP contribution in [-0.4, -0.2) is 41.7 Å². The molecule has 0 amide bonds. The van der Waals surface area contributed by atoms with Gasteiger partial charge in [-0.25, -0.2) is 15.0 Å². The van der Waals surface area contributed by atoms with E-state index in [1.165, 1.54) is 5.56 Å². The van der Waals surface area contributed by atoms with Gasteiger partial charge in [0.1, 0.15) is 10.7 Å². The summed E-state index contributed by atoms with van der Waals surface area (Å²) in [7, 11) is 3.90. The van der Waals surface area contributed by atoms with Gasteiger partial charge in [-0.05, 0) is 30.2 Å². The van der Waals surface area contributed by atoms with E-state index in [-0.39, 0.29) is 0 Å². The molecule has 3 aromatic heterocycles. The summed E-state index contributed by atoms with van der Waals surface area (Å²) in [5.74, 6) is 2.48. The van der Waals surface area contributed by atoms with Crippen molar-refractivity contribution in [2.45, 2.75) is 39.2 Å². The van der Waals surface area contributed by atoms with Crippen molar-refractivity contribution < 1.29 is 0 Å². The van der Waals surface area contributed by atoms with Gasteiger partial charge in [0.25, 0.3) is 0 Å². The molecule has 8 nitrogen and oxygen atoms in total. The van der Waals surface area contributed by atoms with Crippen LogP contribution >= 0.6 is 11.6 Å². The first-order chi connectivity index (χ1) is 16.3. The fraction of sp³-hybridized carbons (Fsp3) is 0.440. The lowest BCUT2D eigenvalue weighted by molar-refractivity contribution is 0.350. The third-order valence-electron chi connectivity index (χ3n) is 6.92. The van der Waals surface area contributed by atoms with E-state index in [9.17, 15) is 0 Å². The molecule has 9 heteroatoms. The summed E-state index contributed by atoms with van der Waals surface area (Å²) in [6.45, 7) is 6.99. The second-order valence-electron chi connectivity index (χ2n) is 9.54. The first-order valence-corrected chi connectivity index (χ1v) is 12.2. The van der Waals surface area contributed by atoms with Crippen molar-refractivity contribution in [3.63, 3.8) is 0 Å². The second kappa shape index (κ2) is 8.91. The molecule has 1 saturated heterocycles. The van der Waals surface area contributed by atoms with Gasteiger partial charge >= 0.3 is 0 Å². The Kier molecular flexibility index (Phi) is 5.93. The van der Waals surface area contributed by atoms with Crippen LogP contribution in [-0.2, 0) is 20.6 Å². The Balaban J connectivity index is 1.43. The topological polar surface area (TPSA) is 80.6 Å². The molecule has 34 heavy (non-hydrogen) atoms. The maximum atomic E-state index is 8.75. The number of aromatic nitrogens is 6. The van der Waals surface area contributed by atoms with Gasteiger partial charge in [0.2, 0.25) is 11.6 Å². The highest BCUT2D eigenvalue weighted by atomic mass is 35.5. The summed E-state index contributed by atoms with van der Waals surface area (Å²) in [4.78, 5) is 16.4. The fourth-order valence-electron chi connectivity index (χ4n) is 4.99. The summed E-state index contributed by atoms with van der Waals surface area (Å²) < 4.78 is 5.91. The van der Waals surface area contributed by atoms with Crippen molar-refractivity contribution in [2.24, 2.45) is 20.0 Å². The van der Waals surface area contributed by atoms with Crippen LogP contribution in [0.25, 0.3) is 22.6 Å². The molecular weight excluding hydrogens is 448 g/mol. The lowest BCUT2D eigenvalue weighted by Gasteiger charge is -2.32. The van der Waals surface area contributed by atoms with Crippen LogP contribution in [0.15, 0.2) is 36.7 Å². The molecule has 0 aliphatic carbocycles. The first-order valence-electron chi connectivity index (χ1n) is 11.8. The van der Waals surface area contributed by atoms with E-state index < -0.39 is 0 Å². The van der Waals surface area contributed by atoms with Gasteiger partial charge in [-0.2, -0.15) is 0 Å². The highest BCUT2D eigenvalue weighted by molar-refractivity contribution is 6.29. The van der Waals surface area contributed by atoms with Gasteiger partial charge in [0.05, 0.1) is 6.20 Å². The molecule has 1 aromatic carbocycles. The highest BCUT2D eigenvalue weighted by Crippen LogP contribution is 2.28. The van der Waals surface area contributed by atoms with E-state index in [1.54, 1.807) is 0 Å². The van der Waals surface area contributed by atoms with Crippen molar-refractivity contribution in [3.8, 4) is 11.4 Å². The Morgan fingerprint density at radius 1 is 1.12 bits per heavy atom. The third-order valence-corrected chi connectivity index (χ3v) is 7.11. The second-order valence-corrected chi connectivity index (χ2v) is 9.93. The molecule has 0 atom stereocenters. The molecule has 0 bridgehead atoms. The van der Waals surface area contributed by atoms with Crippen LogP contribution in [0.1, 0.15) is 38.2 Å². The Morgan fingerprint density at radius 2 is 1.85 bits per heavy atom. The summed E-state index contributed by atoms with van der Waals surface area (Å²) in [6.07, 6.45) is 5.76. The fourth-order valence-corrected chi connectivity index (χ4v) is 5.21. The van der Waals surface area contributed by atoms with Gasteiger partial charge in [-0.1, -0.05) is 49.7 Å². The molecule has 1 N–H and O–H groups in total. The first kappa shape index (κ1) is 22.7. The number of piperidine rings is 1. The maximum Gasteiger partial charge on any atom is 0.206 e. The Morgan fingerprint density at radius 3 is 2.53 bits per heavy atom. The smallest absolute Gasteiger partial charge is 0.206 e. The minimum Gasteiger partial charge on any atom is -0.342 e. The number of nitrogens with one attached hydrogen (secondary N) is 1. The largest absolute Gasteiger partial charge is 0.342 e. The molecule has 0 unspecified atom stereocenters. The molecular formula is C25H31ClN8. The van der Waals surface area contributed by atoms with E-state index in [0.29, 0.717) is 22.6 Å². The Bertz CT molecular complexity index is 1390. The number of benzene rings is 1. The van der Waals surface area contributed by atoms with E-state index in [4.69, 9.17) is 22.0 Å². The van der Waals surface area contributed by atoms with Gasteiger partial charge in [0, 0.05) is 45.5 Å². The van der Waals surface area contributed by atoms with Crippen molar-refractivity contribution in [1.82, 2.24) is 28.7 Å². The number of rotatable bonds is 5. The molecule has 5 rings (SSSR count). The quantitative estimate of drug-likeness (QED) is 0.462. The van der Waals surface area contributed by atoms with Crippen LogP contribution in [0.5, 0.6) is 0 Å². The van der Waals surface area contributed by atoms with Gasteiger partial charge < -0.3 is 14.0 Å². The summed E-state index contributed by atoms with van der Waals surface area (Å²) >= 11 is 6.08. The minimum atomic E-state index is 0.379. The van der Waals surface area contributed by atoms with Gasteiger partial charge in [-0.15, -0.1) is 0 Å². The predicted octanol–water partition coefficient (Wildman–Crippen LogP) is 4.34. The summed E-state index contributed by atoms with van der Waals surface area (Å²) in [5.41, 5.74) is 4.46. The number of fused-ring (bicyclic) bond motifs is 1. The van der Waals surface area contributed by atoms with E-state index in [2.05, 4.69) is 51.5 Å². The molecule has 1 aliphatic rings. The average molecular weight is 479 g/mol. The normalized spacial score (nSPS) is 15.1. The van der Waals surface area contributed by atoms with Crippen LogP contribution in [0.4, 0.5) is 5.95 Å². The van der Waals surface area contributed by atoms with Gasteiger partial charge in [0.15, 0.2) is 11.5 Å². The van der Waals surface area contributed by atoms with Crippen LogP contribution < -0.4 is 10.5 Å². The summed E-state index contributed by atoms with van der Waals surface area (Å²) in [5, 5.41) is 9.28. The summed E-state index contributed by atoms with van der Waals surface area (Å²) in [6, 6.07) is 8.33. The molecule has 178 valence electrons. The SMILES string of the molecule is CC(C)c1ccccc1-c1ncc2c(n1)n(CC1CCN(c3nc(Cl)cn3C)CC1)c(=N)n2C. The van der Waals surface area contributed by atoms with E-state index in [0.717, 1.165) is 61.0 Å². The zero-order valence-electron chi connectivity index (χ0n) is 20.2. The van der Waals surface area contributed by atoms with Crippen LogP contribution in [0.2, 0.25) is 5.15 Å². The molecule has 4 aromatic rings. The minimum absolute atomic E-state index is 0.379. The van der Waals surface area contributed by atoms with Crippen molar-refractivity contribution in [2.75, 3.05) is 18.0 Å². The molecule has 1 aliphatic heterocycles. The van der Waals surface area contributed by atoms with Crippen LogP contribution in [0, 0.1) is 11.3 Å². The van der Waals surface area contributed by atoms with E-state index >= 15 is 0 Å². The zero-order valence-corrected chi connectivity index (χ0v) is 20.9. The highest BCUT2D eigenvalue weighted by Gasteiger charge is 2.24. The number of imidazole rings is 2.